The Kier molecular flexibility index (Phi) is 6.05. The van der Waals surface area contributed by atoms with Crippen LogP contribution in [-0.2, 0) is 9.59 Å². The summed E-state index contributed by atoms with van der Waals surface area (Å²) in [5, 5.41) is 0. The molecule has 0 unspecified atom stereocenters. The highest BCUT2D eigenvalue weighted by Crippen LogP contribution is 2.40. The molecule has 1 saturated heterocycles. The number of anilines is 1. The summed E-state index contributed by atoms with van der Waals surface area (Å²) in [6.07, 6.45) is 0. The number of methoxy groups -OCH3 is 3. The monoisotopic (exact) mass is 437 g/mol. The van der Waals surface area contributed by atoms with Crippen molar-refractivity contribution in [3.8, 4) is 17.2 Å². The van der Waals surface area contributed by atoms with Gasteiger partial charge in [0.2, 0.25) is 0 Å². The van der Waals surface area contributed by atoms with Crippen molar-refractivity contribution in [2.24, 2.45) is 0 Å². The number of hydrogen-bond acceptors (Lipinski definition) is 7. The predicted octanol–water partition coefficient (Wildman–Crippen LogP) is 2.24. The second-order valence-corrected chi connectivity index (χ2v) is 7.70. The summed E-state index contributed by atoms with van der Waals surface area (Å²) >= 11 is 0. The van der Waals surface area contributed by atoms with Crippen LogP contribution in [0.2, 0.25) is 0 Å². The lowest BCUT2D eigenvalue weighted by Gasteiger charge is -2.34. The number of nitrogens with zero attached hydrogens (tertiary/aromatic N) is 3. The van der Waals surface area contributed by atoms with Gasteiger partial charge in [-0.25, -0.2) is 4.90 Å². The molecule has 0 atom stereocenters. The topological polar surface area (TPSA) is 71.5 Å². The van der Waals surface area contributed by atoms with Crippen LogP contribution in [0.25, 0.3) is 5.57 Å². The van der Waals surface area contributed by atoms with Crippen LogP contribution in [0, 0.1) is 0 Å². The van der Waals surface area contributed by atoms with E-state index in [1.54, 1.807) is 56.7 Å². The lowest BCUT2D eigenvalue weighted by atomic mass is 10.0. The summed E-state index contributed by atoms with van der Waals surface area (Å²) in [6, 6.07) is 12.3. The Labute approximate surface area is 187 Å². The van der Waals surface area contributed by atoms with Gasteiger partial charge in [-0.1, -0.05) is 18.2 Å². The molecule has 2 heterocycles. The normalized spacial score (nSPS) is 17.2. The first-order chi connectivity index (χ1) is 15.5. The maximum Gasteiger partial charge on any atom is 0.282 e. The van der Waals surface area contributed by atoms with E-state index in [0.29, 0.717) is 52.9 Å². The van der Waals surface area contributed by atoms with E-state index >= 15 is 0 Å². The highest BCUT2D eigenvalue weighted by molar-refractivity contribution is 6.45. The van der Waals surface area contributed by atoms with Gasteiger partial charge < -0.3 is 24.0 Å². The van der Waals surface area contributed by atoms with Crippen LogP contribution in [-0.4, -0.2) is 76.2 Å². The largest absolute Gasteiger partial charge is 0.495 e. The third-order valence-corrected chi connectivity index (χ3v) is 5.88. The Morgan fingerprint density at radius 3 is 2.06 bits per heavy atom. The molecule has 2 aromatic rings. The number of amides is 2. The maximum atomic E-state index is 13.7. The fraction of sp³-hybridized carbons (Fsp3) is 0.333. The lowest BCUT2D eigenvalue weighted by Crippen LogP contribution is -2.46. The van der Waals surface area contributed by atoms with Crippen molar-refractivity contribution >= 4 is 23.1 Å². The Hall–Kier alpha value is -3.52. The molecule has 8 heteroatoms. The zero-order valence-electron chi connectivity index (χ0n) is 18.8. The molecular formula is C24H27N3O5. The maximum absolute atomic E-state index is 13.7. The number of rotatable bonds is 6. The van der Waals surface area contributed by atoms with E-state index < -0.39 is 0 Å². The van der Waals surface area contributed by atoms with Crippen LogP contribution in [0.1, 0.15) is 5.56 Å². The van der Waals surface area contributed by atoms with Gasteiger partial charge in [0.05, 0.1) is 32.6 Å². The number of carbonyl (C=O) groups is 2. The Balaban J connectivity index is 1.85. The van der Waals surface area contributed by atoms with Gasteiger partial charge in [0.15, 0.2) is 11.5 Å². The van der Waals surface area contributed by atoms with E-state index in [-0.39, 0.29) is 11.8 Å². The van der Waals surface area contributed by atoms with Crippen molar-refractivity contribution in [2.45, 2.75) is 0 Å². The van der Waals surface area contributed by atoms with E-state index in [0.717, 1.165) is 13.1 Å². The fourth-order valence-corrected chi connectivity index (χ4v) is 4.13. The third kappa shape index (κ3) is 3.67. The van der Waals surface area contributed by atoms with Gasteiger partial charge in [0.1, 0.15) is 11.4 Å². The molecule has 2 amide bonds. The Morgan fingerprint density at radius 1 is 0.750 bits per heavy atom. The van der Waals surface area contributed by atoms with Crippen LogP contribution in [0.15, 0.2) is 48.2 Å². The van der Waals surface area contributed by atoms with E-state index in [4.69, 9.17) is 14.2 Å². The number of ether oxygens (including phenoxy) is 3. The zero-order valence-corrected chi connectivity index (χ0v) is 18.8. The van der Waals surface area contributed by atoms with Crippen molar-refractivity contribution in [3.05, 3.63) is 53.7 Å². The molecule has 0 N–H and O–H groups in total. The standard InChI is InChI=1S/C24H27N3O5/c1-25-11-13-26(14-12-25)22-21(16-9-10-19(31-3)20(15-16)32-4)23(28)27(24(22)29)17-7-5-6-8-18(17)30-2/h5-10,15H,11-14H2,1-4H3. The first-order valence-corrected chi connectivity index (χ1v) is 10.4. The Morgan fingerprint density at radius 2 is 1.41 bits per heavy atom. The fourth-order valence-electron chi connectivity index (χ4n) is 4.13. The van der Waals surface area contributed by atoms with Crippen LogP contribution >= 0.6 is 0 Å². The van der Waals surface area contributed by atoms with Crippen LogP contribution < -0.4 is 19.1 Å². The Bertz CT molecular complexity index is 1070. The number of para-hydroxylation sites is 2. The van der Waals surface area contributed by atoms with Gasteiger partial charge in [0.25, 0.3) is 11.8 Å². The van der Waals surface area contributed by atoms with Crippen molar-refractivity contribution in [2.75, 3.05) is 59.5 Å². The number of piperazine rings is 1. The molecule has 0 radical (unpaired) electrons. The number of imide groups is 1. The molecule has 0 spiro atoms. The highest BCUT2D eigenvalue weighted by Gasteiger charge is 2.44. The van der Waals surface area contributed by atoms with Crippen molar-refractivity contribution in [1.29, 1.82) is 0 Å². The molecule has 2 aromatic carbocycles. The molecule has 4 rings (SSSR count). The summed E-state index contributed by atoms with van der Waals surface area (Å²) in [6.45, 7) is 2.92. The summed E-state index contributed by atoms with van der Waals surface area (Å²) < 4.78 is 16.2. The minimum Gasteiger partial charge on any atom is -0.495 e. The molecule has 2 aliphatic heterocycles. The number of carbonyl (C=O) groups excluding carboxylic acids is 2. The van der Waals surface area contributed by atoms with Crippen molar-refractivity contribution < 1.29 is 23.8 Å². The van der Waals surface area contributed by atoms with E-state index in [1.165, 1.54) is 12.0 Å². The quantitative estimate of drug-likeness (QED) is 0.642. The summed E-state index contributed by atoms with van der Waals surface area (Å²) in [5.74, 6) is 0.762. The molecule has 2 aliphatic rings. The first-order valence-electron chi connectivity index (χ1n) is 10.4. The molecule has 32 heavy (non-hydrogen) atoms. The van der Waals surface area contributed by atoms with Gasteiger partial charge in [-0.15, -0.1) is 0 Å². The molecular weight excluding hydrogens is 410 g/mol. The van der Waals surface area contributed by atoms with Gasteiger partial charge in [-0.05, 0) is 36.9 Å². The van der Waals surface area contributed by atoms with Gasteiger partial charge in [0, 0.05) is 26.2 Å². The predicted molar refractivity (Wildman–Crippen MR) is 121 cm³/mol. The third-order valence-electron chi connectivity index (χ3n) is 5.88. The summed E-state index contributed by atoms with van der Waals surface area (Å²) in [7, 11) is 6.66. The van der Waals surface area contributed by atoms with E-state index in [9.17, 15) is 9.59 Å². The molecule has 8 nitrogen and oxygen atoms in total. The van der Waals surface area contributed by atoms with E-state index in [2.05, 4.69) is 4.90 Å². The molecule has 0 saturated carbocycles. The average molecular weight is 437 g/mol. The van der Waals surface area contributed by atoms with Gasteiger partial charge >= 0.3 is 0 Å². The number of hydrogen-bond donors (Lipinski definition) is 0. The smallest absolute Gasteiger partial charge is 0.282 e. The van der Waals surface area contributed by atoms with E-state index in [1.807, 2.05) is 11.9 Å². The molecule has 0 bridgehead atoms. The summed E-state index contributed by atoms with van der Waals surface area (Å²) in [5.41, 5.74) is 1.78. The molecule has 168 valence electrons. The zero-order chi connectivity index (χ0) is 22.8. The lowest BCUT2D eigenvalue weighted by molar-refractivity contribution is -0.120. The van der Waals surface area contributed by atoms with Crippen LogP contribution in [0.3, 0.4) is 0 Å². The molecule has 0 aliphatic carbocycles. The van der Waals surface area contributed by atoms with Gasteiger partial charge in [-0.2, -0.15) is 0 Å². The van der Waals surface area contributed by atoms with Crippen molar-refractivity contribution in [3.63, 3.8) is 0 Å². The minimum absolute atomic E-state index is 0.353. The highest BCUT2D eigenvalue weighted by atomic mass is 16.5. The summed E-state index contributed by atoms with van der Waals surface area (Å²) in [4.78, 5) is 32.9. The second-order valence-electron chi connectivity index (χ2n) is 7.70. The van der Waals surface area contributed by atoms with Crippen LogP contribution in [0.5, 0.6) is 17.2 Å². The first kappa shape index (κ1) is 21.7. The van der Waals surface area contributed by atoms with Gasteiger partial charge in [-0.3, -0.25) is 9.59 Å². The number of benzene rings is 2. The molecule has 1 fully saturated rings. The second kappa shape index (κ2) is 8.92. The average Bonchev–Trinajstić information content (AvgIpc) is 3.08. The minimum atomic E-state index is -0.388. The van der Waals surface area contributed by atoms with Crippen molar-refractivity contribution in [1.82, 2.24) is 9.80 Å². The van der Waals surface area contributed by atoms with Crippen LogP contribution in [0.4, 0.5) is 5.69 Å². The SMILES string of the molecule is COc1ccc(C2=C(N3CCN(C)CC3)C(=O)N(c3ccccc3OC)C2=O)cc1OC. The molecule has 0 aromatic heterocycles. The number of likely N-dealkylation sites (N-methyl/N-ethyl adjacent to an activating group) is 1.